The van der Waals surface area contributed by atoms with Gasteiger partial charge in [0.1, 0.15) is 0 Å². The first kappa shape index (κ1) is 7.96. The fourth-order valence-electron chi connectivity index (χ4n) is 0.801. The van der Waals surface area contributed by atoms with Crippen LogP contribution in [0.2, 0.25) is 0 Å². The van der Waals surface area contributed by atoms with Crippen LogP contribution >= 0.6 is 0 Å². The van der Waals surface area contributed by atoms with Gasteiger partial charge in [-0.15, -0.1) is 0 Å². The van der Waals surface area contributed by atoms with Crippen molar-refractivity contribution in [1.29, 1.82) is 0 Å². The average molecular weight is 115 g/mol. The van der Waals surface area contributed by atoms with Gasteiger partial charge in [-0.3, -0.25) is 0 Å². The molecule has 0 aromatic carbocycles. The summed E-state index contributed by atoms with van der Waals surface area (Å²) in [6.45, 7) is 8.03. The molecule has 0 spiro atoms. The lowest BCUT2D eigenvalue weighted by molar-refractivity contribution is 0.0705. The second-order valence-electron chi connectivity index (χ2n) is 2.16. The molecule has 0 amide bonds. The highest BCUT2D eigenvalue weighted by molar-refractivity contribution is 4.64. The van der Waals surface area contributed by atoms with Gasteiger partial charge in [0.15, 0.2) is 0 Å². The van der Waals surface area contributed by atoms with Crippen molar-refractivity contribution in [2.45, 2.75) is 26.4 Å². The van der Waals surface area contributed by atoms with Crippen LogP contribution in [-0.4, -0.2) is 13.2 Å². The maximum absolute atomic E-state index is 5.10. The van der Waals surface area contributed by atoms with E-state index in [0.717, 1.165) is 6.42 Å². The Morgan fingerprint density at radius 1 is 1.62 bits per heavy atom. The Balaban J connectivity index is 3.35. The molecule has 0 aliphatic rings. The molecule has 8 heavy (non-hydrogen) atoms. The summed E-state index contributed by atoms with van der Waals surface area (Å²) in [5.41, 5.74) is 0. The van der Waals surface area contributed by atoms with Crippen molar-refractivity contribution in [3.8, 4) is 0 Å². The number of hydrogen-bond donors (Lipinski definition) is 0. The molecule has 0 heterocycles. The van der Waals surface area contributed by atoms with E-state index in [2.05, 4.69) is 20.8 Å². The molecular formula is C7H15O. The normalized spacial score (nSPS) is 14.6. The van der Waals surface area contributed by atoms with Crippen LogP contribution in [0.25, 0.3) is 0 Å². The van der Waals surface area contributed by atoms with Crippen molar-refractivity contribution in [2.75, 3.05) is 7.11 Å². The number of rotatable bonds is 3. The van der Waals surface area contributed by atoms with Gasteiger partial charge in [0, 0.05) is 7.11 Å². The van der Waals surface area contributed by atoms with Crippen LogP contribution in [0, 0.1) is 12.8 Å². The largest absolute Gasteiger partial charge is 0.381 e. The van der Waals surface area contributed by atoms with E-state index < -0.39 is 0 Å². The van der Waals surface area contributed by atoms with Crippen LogP contribution in [0.5, 0.6) is 0 Å². The summed E-state index contributed by atoms with van der Waals surface area (Å²) < 4.78 is 5.10. The predicted octanol–water partition coefficient (Wildman–Crippen LogP) is 1.88. The highest BCUT2D eigenvalue weighted by Crippen LogP contribution is 2.07. The maximum atomic E-state index is 5.10. The van der Waals surface area contributed by atoms with Crippen molar-refractivity contribution in [1.82, 2.24) is 0 Å². The standard InChI is InChI=1S/C7H15O/c1-5-7(8-4)6(2)3/h6-7H,2,5H2,1,3-4H3. The Labute approximate surface area is 52.0 Å². The minimum absolute atomic E-state index is 0.343. The SMILES string of the molecule is [CH2]C(C)C(CC)OC. The summed E-state index contributed by atoms with van der Waals surface area (Å²) in [4.78, 5) is 0. The van der Waals surface area contributed by atoms with Crippen LogP contribution in [0.3, 0.4) is 0 Å². The topological polar surface area (TPSA) is 9.23 Å². The van der Waals surface area contributed by atoms with Crippen molar-refractivity contribution < 1.29 is 4.74 Å². The van der Waals surface area contributed by atoms with Gasteiger partial charge in [-0.05, 0) is 19.3 Å². The fourth-order valence-corrected chi connectivity index (χ4v) is 0.801. The first-order chi connectivity index (χ1) is 3.72. The molecule has 0 rings (SSSR count). The minimum Gasteiger partial charge on any atom is -0.381 e. The monoisotopic (exact) mass is 115 g/mol. The quantitative estimate of drug-likeness (QED) is 0.545. The molecule has 0 saturated heterocycles. The Morgan fingerprint density at radius 2 is 2.12 bits per heavy atom. The van der Waals surface area contributed by atoms with E-state index >= 15 is 0 Å². The van der Waals surface area contributed by atoms with Gasteiger partial charge in [-0.1, -0.05) is 13.8 Å². The molecule has 49 valence electrons. The van der Waals surface area contributed by atoms with Crippen LogP contribution in [-0.2, 0) is 4.74 Å². The molecule has 0 aliphatic heterocycles. The summed E-state index contributed by atoms with van der Waals surface area (Å²) in [7, 11) is 1.73. The molecule has 1 heteroatoms. The third-order valence-corrected chi connectivity index (χ3v) is 1.34. The highest BCUT2D eigenvalue weighted by atomic mass is 16.5. The van der Waals surface area contributed by atoms with Gasteiger partial charge < -0.3 is 4.74 Å². The van der Waals surface area contributed by atoms with E-state index in [9.17, 15) is 0 Å². The third kappa shape index (κ3) is 2.31. The van der Waals surface area contributed by atoms with Crippen LogP contribution in [0.1, 0.15) is 20.3 Å². The molecule has 0 aliphatic carbocycles. The second-order valence-corrected chi connectivity index (χ2v) is 2.16. The fraction of sp³-hybridized carbons (Fsp3) is 0.857. The Hall–Kier alpha value is -0.0400. The predicted molar refractivity (Wildman–Crippen MR) is 35.6 cm³/mol. The smallest absolute Gasteiger partial charge is 0.0594 e. The van der Waals surface area contributed by atoms with Gasteiger partial charge in [0.2, 0.25) is 0 Å². The average Bonchev–Trinajstić information content (AvgIpc) is 1.69. The van der Waals surface area contributed by atoms with Crippen molar-refractivity contribution in [3.05, 3.63) is 6.92 Å². The summed E-state index contributed by atoms with van der Waals surface area (Å²) in [6, 6.07) is 0. The van der Waals surface area contributed by atoms with Crippen molar-refractivity contribution in [3.63, 3.8) is 0 Å². The number of hydrogen-bond acceptors (Lipinski definition) is 1. The van der Waals surface area contributed by atoms with E-state index in [-0.39, 0.29) is 0 Å². The Kier molecular flexibility index (Phi) is 3.88. The zero-order valence-electron chi connectivity index (χ0n) is 5.98. The molecule has 0 saturated carbocycles. The Bertz CT molecular complexity index is 46.3. The maximum Gasteiger partial charge on any atom is 0.0594 e. The molecule has 0 N–H and O–H groups in total. The first-order valence-corrected chi connectivity index (χ1v) is 3.08. The van der Waals surface area contributed by atoms with Gasteiger partial charge in [-0.25, -0.2) is 0 Å². The molecule has 0 aromatic rings. The molecule has 1 nitrogen and oxygen atoms in total. The molecule has 1 radical (unpaired) electrons. The third-order valence-electron chi connectivity index (χ3n) is 1.34. The highest BCUT2D eigenvalue weighted by Gasteiger charge is 2.07. The lowest BCUT2D eigenvalue weighted by atomic mass is 10.1. The number of ether oxygens (including phenoxy) is 1. The summed E-state index contributed by atoms with van der Waals surface area (Å²) in [6.07, 6.45) is 1.40. The van der Waals surface area contributed by atoms with E-state index in [1.165, 1.54) is 0 Å². The van der Waals surface area contributed by atoms with E-state index in [0.29, 0.717) is 12.0 Å². The Morgan fingerprint density at radius 3 is 2.12 bits per heavy atom. The van der Waals surface area contributed by atoms with Gasteiger partial charge in [-0.2, -0.15) is 0 Å². The number of methoxy groups -OCH3 is 1. The molecule has 0 bridgehead atoms. The van der Waals surface area contributed by atoms with Crippen LogP contribution in [0.4, 0.5) is 0 Å². The van der Waals surface area contributed by atoms with Crippen LogP contribution < -0.4 is 0 Å². The van der Waals surface area contributed by atoms with Gasteiger partial charge >= 0.3 is 0 Å². The van der Waals surface area contributed by atoms with Gasteiger partial charge in [0.05, 0.1) is 6.10 Å². The van der Waals surface area contributed by atoms with Crippen LogP contribution in [0.15, 0.2) is 0 Å². The molecule has 0 aromatic heterocycles. The van der Waals surface area contributed by atoms with Gasteiger partial charge in [0.25, 0.3) is 0 Å². The lowest BCUT2D eigenvalue weighted by Crippen LogP contribution is -2.16. The summed E-state index contributed by atoms with van der Waals surface area (Å²) in [5, 5.41) is 0. The van der Waals surface area contributed by atoms with Crippen molar-refractivity contribution in [2.24, 2.45) is 5.92 Å². The van der Waals surface area contributed by atoms with E-state index in [1.807, 2.05) is 0 Å². The van der Waals surface area contributed by atoms with E-state index in [4.69, 9.17) is 4.74 Å². The molecule has 2 atom stereocenters. The molecule has 2 unspecified atom stereocenters. The first-order valence-electron chi connectivity index (χ1n) is 3.08. The zero-order valence-corrected chi connectivity index (χ0v) is 5.98. The van der Waals surface area contributed by atoms with Crippen molar-refractivity contribution >= 4 is 0 Å². The van der Waals surface area contributed by atoms with E-state index in [1.54, 1.807) is 7.11 Å². The zero-order chi connectivity index (χ0) is 6.57. The summed E-state index contributed by atoms with van der Waals surface area (Å²) in [5.74, 6) is 0.407. The summed E-state index contributed by atoms with van der Waals surface area (Å²) >= 11 is 0. The lowest BCUT2D eigenvalue weighted by Gasteiger charge is -2.15. The minimum atomic E-state index is 0.343. The molecular weight excluding hydrogens is 100 g/mol. The molecule has 0 fully saturated rings. The second kappa shape index (κ2) is 3.90.